The van der Waals surface area contributed by atoms with Gasteiger partial charge in [-0.05, 0) is 49.9 Å². The van der Waals surface area contributed by atoms with Crippen molar-refractivity contribution in [3.63, 3.8) is 0 Å². The summed E-state index contributed by atoms with van der Waals surface area (Å²) < 4.78 is 25.5. The van der Waals surface area contributed by atoms with E-state index in [1.807, 2.05) is 0 Å². The van der Waals surface area contributed by atoms with Crippen LogP contribution in [0.15, 0.2) is 48.5 Å². The standard InChI is InChI=1S/C14H11FIO2PS/c15-12-5-1-10(2-6-12)9-14(17)11-3-7-13(8-4-11)18-20(16)19/h1-8,19H,9H2/i19T. The monoisotopic (exact) mass is 422 g/mol. The minimum absolute atomic E-state index is 0.0275. The third kappa shape index (κ3) is 4.65. The highest BCUT2D eigenvalue weighted by Crippen LogP contribution is 2.18. The molecule has 0 amide bonds. The van der Waals surface area contributed by atoms with Crippen LogP contribution in [-0.4, -0.2) is 7.06 Å². The first-order valence-corrected chi connectivity index (χ1v) is 10.4. The molecule has 0 spiro atoms. The third-order valence-corrected chi connectivity index (χ3v) is 3.71. The Bertz CT molecular complexity index is 662. The fraction of sp³-hybridized carbons (Fsp3) is 0.0714. The van der Waals surface area contributed by atoms with Gasteiger partial charge in [0.2, 0.25) is 0 Å². The zero-order valence-corrected chi connectivity index (χ0v) is 14.1. The molecule has 1 atom stereocenters. The largest absolute Gasteiger partial charge is 0.421 e. The Morgan fingerprint density at radius 2 is 1.90 bits per heavy atom. The molecule has 0 saturated carbocycles. The lowest BCUT2D eigenvalue weighted by molar-refractivity contribution is 0.0993. The van der Waals surface area contributed by atoms with Crippen molar-refractivity contribution in [3.8, 4) is 5.75 Å². The molecule has 0 N–H and O–H groups in total. The van der Waals surface area contributed by atoms with Gasteiger partial charge in [-0.3, -0.25) is 4.79 Å². The average Bonchev–Trinajstić information content (AvgIpc) is 2.50. The molecule has 2 nitrogen and oxygen atoms in total. The molecule has 2 aromatic carbocycles. The van der Waals surface area contributed by atoms with Crippen LogP contribution in [0.1, 0.15) is 15.9 Å². The highest BCUT2D eigenvalue weighted by Gasteiger charge is 2.07. The van der Waals surface area contributed by atoms with Gasteiger partial charge in [-0.2, -0.15) is 0 Å². The van der Waals surface area contributed by atoms with Crippen LogP contribution in [0.25, 0.3) is 0 Å². The van der Waals surface area contributed by atoms with Crippen LogP contribution in [0.2, 0.25) is 0 Å². The Morgan fingerprint density at radius 3 is 2.50 bits per heavy atom. The summed E-state index contributed by atoms with van der Waals surface area (Å²) in [4.78, 5) is 12.1. The van der Waals surface area contributed by atoms with E-state index in [9.17, 15) is 9.18 Å². The lowest BCUT2D eigenvalue weighted by atomic mass is 10.0. The second-order valence-electron chi connectivity index (χ2n) is 4.04. The fourth-order valence-corrected chi connectivity index (χ4v) is 2.82. The summed E-state index contributed by atoms with van der Waals surface area (Å²) >= 11 is 2.06. The van der Waals surface area contributed by atoms with Crippen molar-refractivity contribution in [2.24, 2.45) is 0 Å². The molecule has 2 rings (SSSR count). The molecule has 6 heteroatoms. The van der Waals surface area contributed by atoms with Gasteiger partial charge in [-0.1, -0.05) is 12.1 Å². The lowest BCUT2D eigenvalue weighted by Crippen LogP contribution is -2.03. The van der Waals surface area contributed by atoms with Crippen LogP contribution < -0.4 is 4.18 Å². The molecule has 1 unspecified atom stereocenters. The van der Waals surface area contributed by atoms with Crippen molar-refractivity contribution in [2.45, 2.75) is 6.42 Å². The Labute approximate surface area is 134 Å². The van der Waals surface area contributed by atoms with Crippen molar-refractivity contribution in [2.75, 3.05) is 0 Å². The molecule has 0 fully saturated rings. The Hall–Kier alpha value is -0.780. The third-order valence-electron chi connectivity index (χ3n) is 2.62. The first-order chi connectivity index (χ1) is 10.1. The zero-order chi connectivity index (χ0) is 15.2. The van der Waals surface area contributed by atoms with Gasteiger partial charge >= 0.3 is 0 Å². The van der Waals surface area contributed by atoms with Crippen molar-refractivity contribution < 1.29 is 13.4 Å². The molecule has 0 bridgehead atoms. The van der Waals surface area contributed by atoms with Gasteiger partial charge in [0.05, 0.1) is 7.53 Å². The van der Waals surface area contributed by atoms with Crippen molar-refractivity contribution in [1.82, 2.24) is 0 Å². The van der Waals surface area contributed by atoms with E-state index in [-0.39, 0.29) is 18.0 Å². The smallest absolute Gasteiger partial charge is 0.167 e. The quantitative estimate of drug-likeness (QED) is 0.401. The van der Waals surface area contributed by atoms with Gasteiger partial charge in [-0.25, -0.2) is 4.39 Å². The Kier molecular flexibility index (Phi) is 5.17. The van der Waals surface area contributed by atoms with Gasteiger partial charge in [0, 0.05) is 33.2 Å². The number of benzene rings is 2. The molecule has 0 heterocycles. The van der Waals surface area contributed by atoms with Crippen LogP contribution >= 0.6 is 29.2 Å². The number of hydrogen-bond acceptors (Lipinski definition) is 2. The maximum atomic E-state index is 12.8. The van der Waals surface area contributed by atoms with Gasteiger partial charge in [0.1, 0.15) is 12.8 Å². The van der Waals surface area contributed by atoms with Crippen LogP contribution in [0, 0.1) is 5.82 Å². The van der Waals surface area contributed by atoms with Gasteiger partial charge in [0.25, 0.3) is 0 Å². The van der Waals surface area contributed by atoms with E-state index in [1.54, 1.807) is 36.4 Å². The summed E-state index contributed by atoms with van der Waals surface area (Å²) in [6.07, 6.45) is 0.239. The predicted octanol–water partition coefficient (Wildman–Crippen LogP) is 4.57. The number of hydrogen-bond donors (Lipinski definition) is 0. The minimum Gasteiger partial charge on any atom is -0.421 e. The SMILES string of the molecule is [3H]P=S(I)Oc1ccc(C(=O)Cc2ccc(F)cc2)cc1. The molecule has 0 aromatic heterocycles. The second kappa shape index (κ2) is 7.29. The van der Waals surface area contributed by atoms with Gasteiger partial charge < -0.3 is 4.18 Å². The summed E-state index contributed by atoms with van der Waals surface area (Å²) in [7, 11) is -0.0646. The fourth-order valence-electron chi connectivity index (χ4n) is 1.67. The van der Waals surface area contributed by atoms with Gasteiger partial charge in [-0.15, -0.1) is 0 Å². The molecule has 20 heavy (non-hydrogen) atoms. The van der Waals surface area contributed by atoms with E-state index in [2.05, 4.69) is 21.2 Å². The van der Waals surface area contributed by atoms with Crippen molar-refractivity contribution in [3.05, 3.63) is 65.5 Å². The Balaban J connectivity index is 2.04. The molecule has 0 aliphatic carbocycles. The summed E-state index contributed by atoms with van der Waals surface area (Å²) in [6.45, 7) is 0. The first kappa shape index (κ1) is 14.2. The number of carbonyl (C=O) groups is 1. The van der Waals surface area contributed by atoms with E-state index >= 15 is 0 Å². The average molecular weight is 422 g/mol. The Morgan fingerprint density at radius 1 is 1.25 bits per heavy atom. The number of rotatable bonds is 5. The highest BCUT2D eigenvalue weighted by atomic mass is 127. The maximum Gasteiger partial charge on any atom is 0.167 e. The van der Waals surface area contributed by atoms with Crippen LogP contribution in [0.3, 0.4) is 0 Å². The molecule has 0 aliphatic heterocycles. The molecular weight excluding hydrogens is 409 g/mol. The molecular formula is C14H11FIO2PS. The van der Waals surface area contributed by atoms with E-state index in [0.717, 1.165) is 5.56 Å². The first-order valence-electron chi connectivity index (χ1n) is 6.15. The number of carbonyl (C=O) groups excluding carboxylic acids is 1. The van der Waals surface area contributed by atoms with Crippen LogP contribution in [0.5, 0.6) is 5.75 Å². The van der Waals surface area contributed by atoms with E-state index in [1.165, 1.54) is 12.1 Å². The van der Waals surface area contributed by atoms with E-state index in [0.29, 0.717) is 19.3 Å². The number of Topliss-reactive ketones (excluding diaryl/α,β-unsaturated/α-hetero) is 1. The predicted molar refractivity (Wildman–Crippen MR) is 91.2 cm³/mol. The van der Waals surface area contributed by atoms with E-state index in [4.69, 9.17) is 5.46 Å². The summed E-state index contributed by atoms with van der Waals surface area (Å²) in [5.74, 6) is 0.307. The van der Waals surface area contributed by atoms with Crippen LogP contribution in [-0.2, 0) is 13.9 Å². The topological polar surface area (TPSA) is 26.3 Å². The molecule has 0 radical (unpaired) electrons. The zero-order valence-electron chi connectivity index (χ0n) is 11.3. The highest BCUT2D eigenvalue weighted by molar-refractivity contribution is 14.2. The minimum atomic E-state index is -0.491. The summed E-state index contributed by atoms with van der Waals surface area (Å²) in [5, 5.41) is 0. The number of halogens is 2. The van der Waals surface area contributed by atoms with Crippen molar-refractivity contribution >= 4 is 42.5 Å². The summed E-state index contributed by atoms with van der Waals surface area (Å²) in [5.41, 5.74) is 1.37. The van der Waals surface area contributed by atoms with Crippen LogP contribution in [0.4, 0.5) is 4.39 Å². The molecule has 2 aromatic rings. The lowest BCUT2D eigenvalue weighted by Gasteiger charge is -2.05. The normalized spacial score (nSPS) is 12.8. The number of ketones is 1. The molecule has 104 valence electrons. The van der Waals surface area contributed by atoms with Gasteiger partial charge in [0.15, 0.2) is 5.78 Å². The maximum absolute atomic E-state index is 12.8. The van der Waals surface area contributed by atoms with Crippen molar-refractivity contribution in [1.29, 1.82) is 1.28 Å². The van der Waals surface area contributed by atoms with E-state index < -0.39 is 7.53 Å². The molecule has 0 aliphatic rings. The summed E-state index contributed by atoms with van der Waals surface area (Å²) in [6, 6.07) is 12.8. The molecule has 0 saturated heterocycles. The second-order valence-corrected chi connectivity index (χ2v) is 10.1.